The van der Waals surface area contributed by atoms with Crippen LogP contribution in [0.3, 0.4) is 0 Å². The Kier molecular flexibility index (Phi) is 6.88. The first-order valence-corrected chi connectivity index (χ1v) is 7.11. The molecule has 1 unspecified atom stereocenters. The molecule has 0 radical (unpaired) electrons. The summed E-state index contributed by atoms with van der Waals surface area (Å²) in [6.45, 7) is 5.93. The minimum absolute atomic E-state index is 0.0212. The van der Waals surface area contributed by atoms with E-state index in [4.69, 9.17) is 9.47 Å². The molecule has 1 atom stereocenters. The molecule has 5 nitrogen and oxygen atoms in total. The number of nitrogens with one attached hydrogen (secondary N) is 1. The van der Waals surface area contributed by atoms with Crippen LogP contribution in [0.15, 0.2) is 24.3 Å². The Bertz CT molecular complexity index is 468. The van der Waals surface area contributed by atoms with Crippen molar-refractivity contribution in [2.75, 3.05) is 13.7 Å². The summed E-state index contributed by atoms with van der Waals surface area (Å²) >= 11 is 0. The standard InChI is InChI=1S/C16H23NO4/c1-5-20-15(18)10-14(17-4)16(19)12-6-8-13(9-7-12)21-11(2)3/h6-9,11,14,17H,5,10H2,1-4H3. The number of Topliss-reactive ketones (excluding diaryl/α,β-unsaturated/α-hetero) is 1. The Hall–Kier alpha value is -1.88. The van der Waals surface area contributed by atoms with E-state index >= 15 is 0 Å². The summed E-state index contributed by atoms with van der Waals surface area (Å²) in [5.41, 5.74) is 0.537. The maximum absolute atomic E-state index is 12.3. The van der Waals surface area contributed by atoms with E-state index in [1.807, 2.05) is 13.8 Å². The number of carbonyl (C=O) groups excluding carboxylic acids is 2. The number of hydrogen-bond acceptors (Lipinski definition) is 5. The fourth-order valence-corrected chi connectivity index (χ4v) is 1.88. The number of likely N-dealkylation sites (N-methyl/N-ethyl adjacent to an activating group) is 1. The van der Waals surface area contributed by atoms with Crippen molar-refractivity contribution in [3.8, 4) is 5.75 Å². The van der Waals surface area contributed by atoms with E-state index in [0.29, 0.717) is 17.9 Å². The molecule has 0 aliphatic carbocycles. The van der Waals surface area contributed by atoms with Crippen molar-refractivity contribution in [2.45, 2.75) is 39.3 Å². The molecule has 5 heteroatoms. The normalized spacial score (nSPS) is 12.0. The third-order valence-electron chi connectivity index (χ3n) is 2.85. The maximum atomic E-state index is 12.3. The highest BCUT2D eigenvalue weighted by Crippen LogP contribution is 2.15. The maximum Gasteiger partial charge on any atom is 0.307 e. The van der Waals surface area contributed by atoms with Crippen molar-refractivity contribution in [3.05, 3.63) is 29.8 Å². The van der Waals surface area contributed by atoms with E-state index in [9.17, 15) is 9.59 Å². The van der Waals surface area contributed by atoms with Gasteiger partial charge in [-0.1, -0.05) is 0 Å². The van der Waals surface area contributed by atoms with Crippen molar-refractivity contribution in [3.63, 3.8) is 0 Å². The van der Waals surface area contributed by atoms with E-state index in [2.05, 4.69) is 5.32 Å². The zero-order valence-electron chi connectivity index (χ0n) is 13.0. The molecule has 0 heterocycles. The highest BCUT2D eigenvalue weighted by Gasteiger charge is 2.22. The summed E-state index contributed by atoms with van der Waals surface area (Å²) in [7, 11) is 1.65. The zero-order valence-corrected chi connectivity index (χ0v) is 13.0. The summed E-state index contributed by atoms with van der Waals surface area (Å²) < 4.78 is 10.4. The van der Waals surface area contributed by atoms with Gasteiger partial charge in [-0.25, -0.2) is 0 Å². The van der Waals surface area contributed by atoms with Crippen molar-refractivity contribution < 1.29 is 19.1 Å². The number of esters is 1. The first kappa shape index (κ1) is 17.2. The molecule has 0 bridgehead atoms. The minimum Gasteiger partial charge on any atom is -0.491 e. The molecule has 1 rings (SSSR count). The van der Waals surface area contributed by atoms with Crippen molar-refractivity contribution in [2.24, 2.45) is 0 Å². The van der Waals surface area contributed by atoms with Crippen LogP contribution in [0.4, 0.5) is 0 Å². The van der Waals surface area contributed by atoms with Gasteiger partial charge in [0, 0.05) is 5.56 Å². The molecule has 1 aromatic carbocycles. The van der Waals surface area contributed by atoms with Crippen LogP contribution in [-0.4, -0.2) is 37.6 Å². The molecular weight excluding hydrogens is 270 g/mol. The Morgan fingerprint density at radius 3 is 2.29 bits per heavy atom. The summed E-state index contributed by atoms with van der Waals surface area (Å²) in [4.78, 5) is 23.8. The summed E-state index contributed by atoms with van der Waals surface area (Å²) in [6.07, 6.45) is 0.105. The van der Waals surface area contributed by atoms with Crippen LogP contribution >= 0.6 is 0 Å². The molecule has 0 aliphatic rings. The Labute approximate surface area is 125 Å². The molecule has 0 amide bonds. The zero-order chi connectivity index (χ0) is 15.8. The molecule has 1 N–H and O–H groups in total. The van der Waals surface area contributed by atoms with Crippen LogP contribution in [0.5, 0.6) is 5.75 Å². The van der Waals surface area contributed by atoms with Crippen LogP contribution in [0.1, 0.15) is 37.6 Å². The second-order valence-electron chi connectivity index (χ2n) is 4.91. The number of rotatable bonds is 8. The average Bonchev–Trinajstić information content (AvgIpc) is 2.44. The van der Waals surface area contributed by atoms with Crippen molar-refractivity contribution in [1.29, 1.82) is 0 Å². The van der Waals surface area contributed by atoms with E-state index in [-0.39, 0.29) is 24.3 Å². The van der Waals surface area contributed by atoms with Gasteiger partial charge in [0.05, 0.1) is 25.2 Å². The second kappa shape index (κ2) is 8.42. The molecule has 0 aliphatic heterocycles. The predicted molar refractivity (Wildman–Crippen MR) is 80.6 cm³/mol. The summed E-state index contributed by atoms with van der Waals surface area (Å²) in [5.74, 6) is 0.194. The average molecular weight is 293 g/mol. The molecule has 116 valence electrons. The molecule has 0 aromatic heterocycles. The number of hydrogen-bond donors (Lipinski definition) is 1. The monoisotopic (exact) mass is 293 g/mol. The van der Waals surface area contributed by atoms with Gasteiger partial charge in [0.25, 0.3) is 0 Å². The Balaban J connectivity index is 2.73. The van der Waals surface area contributed by atoms with Crippen LogP contribution in [0.25, 0.3) is 0 Å². The van der Waals surface area contributed by atoms with Crippen molar-refractivity contribution >= 4 is 11.8 Å². The minimum atomic E-state index is -0.582. The molecule has 1 aromatic rings. The Morgan fingerprint density at radius 1 is 1.19 bits per heavy atom. The molecule has 21 heavy (non-hydrogen) atoms. The molecule has 0 saturated heterocycles. The third-order valence-corrected chi connectivity index (χ3v) is 2.85. The van der Waals surface area contributed by atoms with Gasteiger partial charge in [0.15, 0.2) is 5.78 Å². The molecule has 0 spiro atoms. The van der Waals surface area contributed by atoms with Crippen LogP contribution in [-0.2, 0) is 9.53 Å². The lowest BCUT2D eigenvalue weighted by atomic mass is 10.0. The number of benzene rings is 1. The predicted octanol–water partition coefficient (Wildman–Crippen LogP) is 2.20. The molecular formula is C16H23NO4. The lowest BCUT2D eigenvalue weighted by Gasteiger charge is -2.15. The first-order valence-electron chi connectivity index (χ1n) is 7.11. The quantitative estimate of drug-likeness (QED) is 0.588. The number of ketones is 1. The van der Waals surface area contributed by atoms with Gasteiger partial charge in [-0.05, 0) is 52.1 Å². The SMILES string of the molecule is CCOC(=O)CC(NC)C(=O)c1ccc(OC(C)C)cc1. The Morgan fingerprint density at radius 2 is 1.81 bits per heavy atom. The van der Waals surface area contributed by atoms with E-state index in [0.717, 1.165) is 0 Å². The second-order valence-corrected chi connectivity index (χ2v) is 4.91. The van der Waals surface area contributed by atoms with E-state index in [1.54, 1.807) is 38.2 Å². The molecule has 0 fully saturated rings. The van der Waals surface area contributed by atoms with Crippen LogP contribution in [0.2, 0.25) is 0 Å². The smallest absolute Gasteiger partial charge is 0.307 e. The van der Waals surface area contributed by atoms with Gasteiger partial charge in [0.1, 0.15) is 5.75 Å². The summed E-state index contributed by atoms with van der Waals surface area (Å²) in [5, 5.41) is 2.85. The lowest BCUT2D eigenvalue weighted by Crippen LogP contribution is -2.36. The van der Waals surface area contributed by atoms with E-state index < -0.39 is 6.04 Å². The topological polar surface area (TPSA) is 64.6 Å². The molecule has 0 saturated carbocycles. The highest BCUT2D eigenvalue weighted by atomic mass is 16.5. The fourth-order valence-electron chi connectivity index (χ4n) is 1.88. The van der Waals surface area contributed by atoms with Crippen LogP contribution in [0, 0.1) is 0 Å². The van der Waals surface area contributed by atoms with Gasteiger partial charge >= 0.3 is 5.97 Å². The van der Waals surface area contributed by atoms with Gasteiger partial charge < -0.3 is 14.8 Å². The van der Waals surface area contributed by atoms with Gasteiger partial charge in [-0.3, -0.25) is 9.59 Å². The summed E-state index contributed by atoms with van der Waals surface area (Å²) in [6, 6.07) is 6.33. The van der Waals surface area contributed by atoms with Gasteiger partial charge in [0.2, 0.25) is 0 Å². The van der Waals surface area contributed by atoms with Gasteiger partial charge in [-0.15, -0.1) is 0 Å². The van der Waals surface area contributed by atoms with Crippen LogP contribution < -0.4 is 10.1 Å². The first-order chi connectivity index (χ1) is 9.97. The number of ether oxygens (including phenoxy) is 2. The highest BCUT2D eigenvalue weighted by molar-refractivity contribution is 6.01. The van der Waals surface area contributed by atoms with E-state index in [1.165, 1.54) is 0 Å². The fraction of sp³-hybridized carbons (Fsp3) is 0.500. The lowest BCUT2D eigenvalue weighted by molar-refractivity contribution is -0.143. The third kappa shape index (κ3) is 5.55. The number of carbonyl (C=O) groups is 2. The largest absolute Gasteiger partial charge is 0.491 e. The van der Waals surface area contributed by atoms with Gasteiger partial charge in [-0.2, -0.15) is 0 Å². The van der Waals surface area contributed by atoms with Crippen molar-refractivity contribution in [1.82, 2.24) is 5.32 Å².